The number of hydrogen-bond donors (Lipinski definition) is 1. The van der Waals surface area contributed by atoms with Crippen LogP contribution in [-0.2, 0) is 10.0 Å². The smallest absolute Gasteiger partial charge is 0.284 e. The summed E-state index contributed by atoms with van der Waals surface area (Å²) in [5, 5.41) is 16.5. The van der Waals surface area contributed by atoms with Crippen molar-refractivity contribution in [1.29, 1.82) is 5.41 Å². The lowest BCUT2D eigenvalue weighted by molar-refractivity contribution is 0.417. The van der Waals surface area contributed by atoms with Gasteiger partial charge in [-0.2, -0.15) is 13.5 Å². The first-order valence-electron chi connectivity index (χ1n) is 12.8. The Morgan fingerprint density at radius 2 is 1.62 bits per heavy atom. The van der Waals surface area contributed by atoms with Crippen LogP contribution < -0.4 is 0 Å². The van der Waals surface area contributed by atoms with Crippen molar-refractivity contribution in [2.24, 2.45) is 9.50 Å². The molecule has 1 heterocycles. The zero-order valence-electron chi connectivity index (χ0n) is 21.9. The number of amidine groups is 2. The maximum atomic E-state index is 13.4. The molecular formula is C29H31Cl2N5O2S. The SMILES string of the molecule is CCCCN(CC)C(=N)/C(=N\S(=O)(=O)c1ccc(Cl)cc1)N1CC(c2ccccc2)C(c2ccc(Cl)cc2)=N1. The van der Waals surface area contributed by atoms with Crippen molar-refractivity contribution < 1.29 is 8.42 Å². The molecule has 0 aliphatic carbocycles. The van der Waals surface area contributed by atoms with Crippen molar-refractivity contribution in [3.63, 3.8) is 0 Å². The number of benzene rings is 3. The minimum Gasteiger partial charge on any atom is -0.354 e. The second-order valence-electron chi connectivity index (χ2n) is 9.16. The van der Waals surface area contributed by atoms with E-state index in [4.69, 9.17) is 33.7 Å². The third-order valence-electron chi connectivity index (χ3n) is 6.51. The van der Waals surface area contributed by atoms with E-state index in [0.717, 1.165) is 29.7 Å². The third-order valence-corrected chi connectivity index (χ3v) is 8.30. The Morgan fingerprint density at radius 3 is 2.21 bits per heavy atom. The normalized spacial score (nSPS) is 15.8. The van der Waals surface area contributed by atoms with Crippen LogP contribution in [0.3, 0.4) is 0 Å². The minimum absolute atomic E-state index is 0.00508. The van der Waals surface area contributed by atoms with E-state index in [1.165, 1.54) is 24.3 Å². The van der Waals surface area contributed by atoms with Gasteiger partial charge in [-0.25, -0.2) is 5.01 Å². The first-order chi connectivity index (χ1) is 18.7. The van der Waals surface area contributed by atoms with Crippen LogP contribution in [0, 0.1) is 5.41 Å². The second-order valence-corrected chi connectivity index (χ2v) is 11.6. The van der Waals surface area contributed by atoms with Crippen LogP contribution in [-0.4, -0.2) is 55.3 Å². The molecule has 10 heteroatoms. The molecule has 4 rings (SSSR count). The van der Waals surface area contributed by atoms with Crippen molar-refractivity contribution >= 4 is 50.6 Å². The van der Waals surface area contributed by atoms with Gasteiger partial charge in [-0.3, -0.25) is 5.41 Å². The molecule has 7 nitrogen and oxygen atoms in total. The van der Waals surface area contributed by atoms with Gasteiger partial charge in [0.1, 0.15) is 0 Å². The summed E-state index contributed by atoms with van der Waals surface area (Å²) in [6.07, 6.45) is 1.80. The lowest BCUT2D eigenvalue weighted by Crippen LogP contribution is -2.43. The quantitative estimate of drug-likeness (QED) is 0.236. The standard InChI is InChI=1S/C29H31Cl2N5O2S/c1-3-5-19-35(4-2)28(32)29(34-39(37,38)25-17-15-24(31)16-18-25)36-20-26(21-9-7-6-8-10-21)27(33-36)22-11-13-23(30)14-12-22/h6-18,26,32H,3-5,19-20H2,1-2H3/b32-28?,34-29+. The van der Waals surface area contributed by atoms with E-state index >= 15 is 0 Å². The van der Waals surface area contributed by atoms with Crippen molar-refractivity contribution in [3.05, 3.63) is 100 Å². The first-order valence-corrected chi connectivity index (χ1v) is 15.0. The maximum Gasteiger partial charge on any atom is 0.284 e. The number of unbranched alkanes of at least 4 members (excludes halogenated alkanes) is 1. The van der Waals surface area contributed by atoms with Crippen LogP contribution in [0.4, 0.5) is 0 Å². The Morgan fingerprint density at radius 1 is 1.00 bits per heavy atom. The van der Waals surface area contributed by atoms with E-state index < -0.39 is 10.0 Å². The zero-order valence-corrected chi connectivity index (χ0v) is 24.2. The molecule has 1 unspecified atom stereocenters. The molecule has 1 aliphatic rings. The second kappa shape index (κ2) is 12.8. The number of rotatable bonds is 8. The molecule has 204 valence electrons. The topological polar surface area (TPSA) is 89.2 Å². The number of hydrazone groups is 1. The highest BCUT2D eigenvalue weighted by molar-refractivity contribution is 7.90. The Hall–Kier alpha value is -3.20. The molecule has 1 N–H and O–H groups in total. The van der Waals surface area contributed by atoms with Gasteiger partial charge in [0, 0.05) is 29.1 Å². The van der Waals surface area contributed by atoms with E-state index in [1.807, 2.05) is 54.3 Å². The van der Waals surface area contributed by atoms with E-state index in [0.29, 0.717) is 29.7 Å². The molecule has 1 aliphatic heterocycles. The molecule has 3 aromatic carbocycles. The van der Waals surface area contributed by atoms with E-state index in [1.54, 1.807) is 17.1 Å². The number of sulfonamides is 1. The molecule has 0 saturated carbocycles. The third kappa shape index (κ3) is 6.87. The van der Waals surface area contributed by atoms with E-state index in [-0.39, 0.29) is 22.5 Å². The van der Waals surface area contributed by atoms with Gasteiger partial charge < -0.3 is 4.90 Å². The Balaban J connectivity index is 1.83. The summed E-state index contributed by atoms with van der Waals surface area (Å²) in [7, 11) is -4.16. The average molecular weight is 585 g/mol. The Kier molecular flexibility index (Phi) is 9.43. The van der Waals surface area contributed by atoms with Crippen LogP contribution in [0.25, 0.3) is 0 Å². The maximum absolute atomic E-state index is 13.4. The summed E-state index contributed by atoms with van der Waals surface area (Å²) in [4.78, 5) is 1.82. The fourth-order valence-corrected chi connectivity index (χ4v) is 5.61. The number of halogens is 2. The van der Waals surface area contributed by atoms with Crippen LogP contribution >= 0.6 is 23.2 Å². The molecule has 3 aromatic rings. The Bertz CT molecular complexity index is 1460. The number of hydrogen-bond acceptors (Lipinski definition) is 4. The lowest BCUT2D eigenvalue weighted by atomic mass is 9.91. The van der Waals surface area contributed by atoms with E-state index in [9.17, 15) is 8.42 Å². The fraction of sp³-hybridized carbons (Fsp3) is 0.276. The highest BCUT2D eigenvalue weighted by Crippen LogP contribution is 2.30. The predicted molar refractivity (Wildman–Crippen MR) is 160 cm³/mol. The van der Waals surface area contributed by atoms with Crippen LogP contribution in [0.2, 0.25) is 10.0 Å². The van der Waals surface area contributed by atoms with Gasteiger partial charge in [-0.1, -0.05) is 79.0 Å². The van der Waals surface area contributed by atoms with Crippen molar-refractivity contribution in [1.82, 2.24) is 9.91 Å². The van der Waals surface area contributed by atoms with Crippen LogP contribution in [0.1, 0.15) is 43.7 Å². The molecule has 0 radical (unpaired) electrons. The molecular weight excluding hydrogens is 553 g/mol. The van der Waals surface area contributed by atoms with Gasteiger partial charge in [0.15, 0.2) is 5.84 Å². The lowest BCUT2D eigenvalue weighted by Gasteiger charge is -2.27. The summed E-state index contributed by atoms with van der Waals surface area (Å²) in [5.41, 5.74) is 2.64. The molecule has 0 spiro atoms. The fourth-order valence-electron chi connectivity index (χ4n) is 4.37. The first kappa shape index (κ1) is 28.8. The average Bonchev–Trinajstić information content (AvgIpc) is 3.38. The van der Waals surface area contributed by atoms with Gasteiger partial charge in [0.25, 0.3) is 10.0 Å². The largest absolute Gasteiger partial charge is 0.354 e. The molecule has 0 saturated heterocycles. The summed E-state index contributed by atoms with van der Waals surface area (Å²) in [6.45, 7) is 5.47. The summed E-state index contributed by atoms with van der Waals surface area (Å²) < 4.78 is 31.1. The summed E-state index contributed by atoms with van der Waals surface area (Å²) >= 11 is 12.1. The summed E-state index contributed by atoms with van der Waals surface area (Å²) in [5.74, 6) is -0.182. The van der Waals surface area contributed by atoms with Gasteiger partial charge in [-0.15, -0.1) is 4.40 Å². The molecule has 0 bridgehead atoms. The van der Waals surface area contributed by atoms with Crippen molar-refractivity contribution in [2.75, 3.05) is 19.6 Å². The Labute approximate surface area is 240 Å². The molecule has 1 atom stereocenters. The minimum atomic E-state index is -4.16. The number of nitrogens with one attached hydrogen (secondary N) is 1. The number of nitrogens with zero attached hydrogens (tertiary/aromatic N) is 4. The van der Waals surface area contributed by atoms with Gasteiger partial charge in [0.2, 0.25) is 5.84 Å². The van der Waals surface area contributed by atoms with E-state index in [2.05, 4.69) is 11.3 Å². The molecule has 39 heavy (non-hydrogen) atoms. The molecule has 0 fully saturated rings. The summed E-state index contributed by atoms with van der Waals surface area (Å²) in [6, 6.07) is 23.1. The van der Waals surface area contributed by atoms with Crippen LogP contribution in [0.5, 0.6) is 0 Å². The number of likely N-dealkylation sites (N-methyl/N-ethyl adjacent to an activating group) is 1. The zero-order chi connectivity index (χ0) is 28.0. The highest BCUT2D eigenvalue weighted by Gasteiger charge is 2.35. The van der Waals surface area contributed by atoms with Crippen molar-refractivity contribution in [3.8, 4) is 0 Å². The van der Waals surface area contributed by atoms with Crippen LogP contribution in [0.15, 0.2) is 93.3 Å². The predicted octanol–water partition coefficient (Wildman–Crippen LogP) is 6.68. The van der Waals surface area contributed by atoms with Crippen molar-refractivity contribution in [2.45, 2.75) is 37.5 Å². The van der Waals surface area contributed by atoms with Gasteiger partial charge in [-0.05, 0) is 60.9 Å². The van der Waals surface area contributed by atoms with Gasteiger partial charge in [0.05, 0.1) is 17.2 Å². The van der Waals surface area contributed by atoms with Gasteiger partial charge >= 0.3 is 0 Å². The monoisotopic (exact) mass is 583 g/mol. The highest BCUT2D eigenvalue weighted by atomic mass is 35.5. The molecule has 0 aromatic heterocycles. The molecule has 0 amide bonds.